The molecule has 0 saturated heterocycles. The molecule has 1 saturated carbocycles. The van der Waals surface area contributed by atoms with Gasteiger partial charge in [-0.25, -0.2) is 0 Å². The largest absolute Gasteiger partial charge is 0.395 e. The van der Waals surface area contributed by atoms with E-state index in [9.17, 15) is 4.79 Å². The standard InChI is InChI=1S/C11H22N2O2/c1-3-8(4-2)13(5-6-14)11(15)9-7-10(9)12/h8-10,14H,3-7,12H2,1-2H3. The number of aliphatic hydroxyl groups is 1. The molecule has 0 radical (unpaired) electrons. The SMILES string of the molecule is CCC(CC)N(CCO)C(=O)C1CC1N. The summed E-state index contributed by atoms with van der Waals surface area (Å²) in [5, 5.41) is 8.97. The number of amides is 1. The van der Waals surface area contributed by atoms with Gasteiger partial charge in [-0.15, -0.1) is 0 Å². The number of carbonyl (C=O) groups excluding carboxylic acids is 1. The van der Waals surface area contributed by atoms with Crippen LogP contribution >= 0.6 is 0 Å². The van der Waals surface area contributed by atoms with Gasteiger partial charge in [0.1, 0.15) is 0 Å². The Morgan fingerprint density at radius 2 is 2.07 bits per heavy atom. The van der Waals surface area contributed by atoms with Crippen LogP contribution in [-0.4, -0.2) is 41.1 Å². The molecule has 0 spiro atoms. The molecule has 3 N–H and O–H groups in total. The minimum atomic E-state index is 0.0112. The predicted molar refractivity (Wildman–Crippen MR) is 59.3 cm³/mol. The molecule has 4 heteroatoms. The van der Waals surface area contributed by atoms with Gasteiger partial charge in [-0.05, 0) is 19.3 Å². The van der Waals surface area contributed by atoms with Gasteiger partial charge in [0, 0.05) is 18.6 Å². The molecule has 0 aromatic carbocycles. The van der Waals surface area contributed by atoms with E-state index in [4.69, 9.17) is 10.8 Å². The monoisotopic (exact) mass is 214 g/mol. The van der Waals surface area contributed by atoms with E-state index in [0.29, 0.717) is 6.54 Å². The number of rotatable bonds is 6. The highest BCUT2D eigenvalue weighted by Gasteiger charge is 2.43. The first-order valence-electron chi connectivity index (χ1n) is 5.82. The number of nitrogens with zero attached hydrogens (tertiary/aromatic N) is 1. The molecular weight excluding hydrogens is 192 g/mol. The molecule has 0 bridgehead atoms. The average molecular weight is 214 g/mol. The highest BCUT2D eigenvalue weighted by atomic mass is 16.3. The van der Waals surface area contributed by atoms with Crippen LogP contribution in [0.1, 0.15) is 33.1 Å². The molecule has 0 heterocycles. The molecule has 1 aliphatic carbocycles. The first-order chi connectivity index (χ1) is 7.15. The zero-order valence-corrected chi connectivity index (χ0v) is 9.65. The van der Waals surface area contributed by atoms with Gasteiger partial charge < -0.3 is 15.7 Å². The minimum Gasteiger partial charge on any atom is -0.395 e. The Labute approximate surface area is 91.4 Å². The molecule has 0 aromatic heterocycles. The van der Waals surface area contributed by atoms with E-state index in [1.54, 1.807) is 4.90 Å². The van der Waals surface area contributed by atoms with Crippen molar-refractivity contribution in [2.45, 2.75) is 45.2 Å². The maximum absolute atomic E-state index is 12.0. The Hall–Kier alpha value is -0.610. The molecule has 1 amide bonds. The van der Waals surface area contributed by atoms with Crippen molar-refractivity contribution in [1.29, 1.82) is 0 Å². The molecule has 2 atom stereocenters. The Balaban J connectivity index is 2.59. The summed E-state index contributed by atoms with van der Waals surface area (Å²) >= 11 is 0. The average Bonchev–Trinajstić information content (AvgIpc) is 2.95. The van der Waals surface area contributed by atoms with Crippen LogP contribution < -0.4 is 5.73 Å². The second-order valence-electron chi connectivity index (χ2n) is 4.23. The molecule has 2 unspecified atom stereocenters. The normalized spacial score (nSPS) is 24.3. The zero-order chi connectivity index (χ0) is 11.4. The maximum Gasteiger partial charge on any atom is 0.227 e. The van der Waals surface area contributed by atoms with Gasteiger partial charge in [0.25, 0.3) is 0 Å². The second-order valence-corrected chi connectivity index (χ2v) is 4.23. The molecule has 88 valence electrons. The summed E-state index contributed by atoms with van der Waals surface area (Å²) in [5.41, 5.74) is 5.67. The molecule has 1 fully saturated rings. The molecular formula is C11H22N2O2. The summed E-state index contributed by atoms with van der Waals surface area (Å²) in [7, 11) is 0. The van der Waals surface area contributed by atoms with Crippen molar-refractivity contribution >= 4 is 5.91 Å². The van der Waals surface area contributed by atoms with Crippen LogP contribution in [-0.2, 0) is 4.79 Å². The number of nitrogens with two attached hydrogens (primary N) is 1. The van der Waals surface area contributed by atoms with Crippen LogP contribution in [0.2, 0.25) is 0 Å². The van der Waals surface area contributed by atoms with E-state index in [1.807, 2.05) is 0 Å². The highest BCUT2D eigenvalue weighted by Crippen LogP contribution is 2.31. The third-order valence-electron chi connectivity index (χ3n) is 3.16. The lowest BCUT2D eigenvalue weighted by molar-refractivity contribution is -0.135. The van der Waals surface area contributed by atoms with Crippen LogP contribution in [0.3, 0.4) is 0 Å². The Bertz CT molecular complexity index is 217. The third kappa shape index (κ3) is 2.92. The van der Waals surface area contributed by atoms with Crippen LogP contribution in [0.25, 0.3) is 0 Å². The molecule has 4 nitrogen and oxygen atoms in total. The van der Waals surface area contributed by atoms with E-state index < -0.39 is 0 Å². The van der Waals surface area contributed by atoms with Crippen LogP contribution in [0.5, 0.6) is 0 Å². The van der Waals surface area contributed by atoms with E-state index >= 15 is 0 Å². The van der Waals surface area contributed by atoms with Gasteiger partial charge in [0.15, 0.2) is 0 Å². The fourth-order valence-corrected chi connectivity index (χ4v) is 2.02. The summed E-state index contributed by atoms with van der Waals surface area (Å²) < 4.78 is 0. The fraction of sp³-hybridized carbons (Fsp3) is 0.909. The molecule has 0 aromatic rings. The first kappa shape index (κ1) is 12.5. The molecule has 15 heavy (non-hydrogen) atoms. The molecule has 0 aliphatic heterocycles. The van der Waals surface area contributed by atoms with Crippen molar-refractivity contribution in [3.05, 3.63) is 0 Å². The van der Waals surface area contributed by atoms with Gasteiger partial charge in [0.05, 0.1) is 12.5 Å². The lowest BCUT2D eigenvalue weighted by Crippen LogP contribution is -2.43. The number of aliphatic hydroxyl groups excluding tert-OH is 1. The van der Waals surface area contributed by atoms with Gasteiger partial charge in [0.2, 0.25) is 5.91 Å². The number of carbonyl (C=O) groups is 1. The lowest BCUT2D eigenvalue weighted by atomic mass is 10.1. The third-order valence-corrected chi connectivity index (χ3v) is 3.16. The van der Waals surface area contributed by atoms with E-state index in [1.165, 1.54) is 0 Å². The summed E-state index contributed by atoms with van der Waals surface area (Å²) in [6.07, 6.45) is 2.68. The topological polar surface area (TPSA) is 66.6 Å². The van der Waals surface area contributed by atoms with Gasteiger partial charge in [-0.3, -0.25) is 4.79 Å². The fourth-order valence-electron chi connectivity index (χ4n) is 2.02. The van der Waals surface area contributed by atoms with Gasteiger partial charge in [-0.2, -0.15) is 0 Å². The molecule has 1 aliphatic rings. The second kappa shape index (κ2) is 5.47. The summed E-state index contributed by atoms with van der Waals surface area (Å²) in [4.78, 5) is 13.8. The van der Waals surface area contributed by atoms with Gasteiger partial charge in [-0.1, -0.05) is 13.8 Å². The zero-order valence-electron chi connectivity index (χ0n) is 9.65. The summed E-state index contributed by atoms with van der Waals surface area (Å²) in [6, 6.07) is 0.297. The van der Waals surface area contributed by atoms with Gasteiger partial charge >= 0.3 is 0 Å². The van der Waals surface area contributed by atoms with E-state index in [2.05, 4.69) is 13.8 Å². The minimum absolute atomic E-state index is 0.0112. The van der Waals surface area contributed by atoms with Crippen molar-refractivity contribution in [2.24, 2.45) is 11.7 Å². The van der Waals surface area contributed by atoms with Crippen molar-refractivity contribution in [1.82, 2.24) is 4.90 Å². The first-order valence-corrected chi connectivity index (χ1v) is 5.82. The summed E-state index contributed by atoms with van der Waals surface area (Å²) in [6.45, 7) is 4.61. The highest BCUT2D eigenvalue weighted by molar-refractivity contribution is 5.82. The van der Waals surface area contributed by atoms with Crippen molar-refractivity contribution < 1.29 is 9.90 Å². The van der Waals surface area contributed by atoms with Crippen molar-refractivity contribution in [2.75, 3.05) is 13.2 Å². The smallest absolute Gasteiger partial charge is 0.227 e. The predicted octanol–water partition coefficient (Wildman–Crippen LogP) is 0.343. The molecule has 1 rings (SSSR count). The van der Waals surface area contributed by atoms with Crippen LogP contribution in [0.4, 0.5) is 0 Å². The van der Waals surface area contributed by atoms with Crippen molar-refractivity contribution in [3.63, 3.8) is 0 Å². The number of hydrogen-bond acceptors (Lipinski definition) is 3. The van der Waals surface area contributed by atoms with E-state index in [-0.39, 0.29) is 30.5 Å². The Kier molecular flexibility index (Phi) is 4.54. The summed E-state index contributed by atoms with van der Waals surface area (Å²) in [5.74, 6) is 0.141. The lowest BCUT2D eigenvalue weighted by Gasteiger charge is -2.30. The van der Waals surface area contributed by atoms with E-state index in [0.717, 1.165) is 19.3 Å². The Morgan fingerprint density at radius 1 is 1.53 bits per heavy atom. The van der Waals surface area contributed by atoms with Crippen LogP contribution in [0.15, 0.2) is 0 Å². The maximum atomic E-state index is 12.0. The van der Waals surface area contributed by atoms with Crippen molar-refractivity contribution in [3.8, 4) is 0 Å². The Morgan fingerprint density at radius 3 is 2.40 bits per heavy atom. The number of hydrogen-bond donors (Lipinski definition) is 2. The van der Waals surface area contributed by atoms with Crippen LogP contribution in [0, 0.1) is 5.92 Å². The quantitative estimate of drug-likeness (QED) is 0.670.